The monoisotopic (exact) mass is 138 g/mol. The molecule has 56 valence electrons. The van der Waals surface area contributed by atoms with Gasteiger partial charge in [0.2, 0.25) is 0 Å². The first-order valence-corrected chi connectivity index (χ1v) is 3.41. The molecule has 10 heavy (non-hydrogen) atoms. The van der Waals surface area contributed by atoms with Gasteiger partial charge in [0.1, 0.15) is 0 Å². The van der Waals surface area contributed by atoms with Crippen LogP contribution in [0.2, 0.25) is 0 Å². The van der Waals surface area contributed by atoms with Crippen LogP contribution in [0.5, 0.6) is 0 Å². The van der Waals surface area contributed by atoms with Crippen molar-refractivity contribution in [2.45, 2.75) is 26.9 Å². The Bertz CT molecular complexity index is 169. The standard InChI is InChI=1S/C9H14O/c1-4-5-6-7-8(2)9(3)10/h4-6,9-10H,1-3H3/b5-4+/t7?,9-/m1/s1. The summed E-state index contributed by atoms with van der Waals surface area (Å²) < 4.78 is 0. The van der Waals surface area contributed by atoms with Crippen LogP contribution in [0.4, 0.5) is 0 Å². The normalized spacial score (nSPS) is 12.8. The molecule has 0 fully saturated rings. The quantitative estimate of drug-likeness (QED) is 0.457. The molecule has 0 aliphatic rings. The predicted molar refractivity (Wildman–Crippen MR) is 43.8 cm³/mol. The molecule has 0 aromatic carbocycles. The third-order valence-corrected chi connectivity index (χ3v) is 1.23. The second-order valence-electron chi connectivity index (χ2n) is 2.20. The van der Waals surface area contributed by atoms with E-state index in [9.17, 15) is 0 Å². The van der Waals surface area contributed by atoms with E-state index in [1.807, 2.05) is 26.0 Å². The smallest absolute Gasteiger partial charge is 0.0792 e. The Balaban J connectivity index is 4.14. The van der Waals surface area contributed by atoms with Gasteiger partial charge in [0.05, 0.1) is 6.10 Å². The van der Waals surface area contributed by atoms with E-state index in [1.165, 1.54) is 0 Å². The van der Waals surface area contributed by atoms with Gasteiger partial charge in [0, 0.05) is 0 Å². The van der Waals surface area contributed by atoms with Crippen molar-refractivity contribution in [3.63, 3.8) is 0 Å². The summed E-state index contributed by atoms with van der Waals surface area (Å²) in [6.07, 6.45) is 5.21. The Hall–Kier alpha value is -0.780. The largest absolute Gasteiger partial charge is 0.388 e. The van der Waals surface area contributed by atoms with Crippen LogP contribution in [0.15, 0.2) is 29.5 Å². The van der Waals surface area contributed by atoms with Gasteiger partial charge in [-0.15, -0.1) is 5.73 Å². The maximum atomic E-state index is 8.98. The SMILES string of the molecule is C/C=C/C=C=C(C)[C@@H](C)O. The van der Waals surface area contributed by atoms with Gasteiger partial charge in [0.15, 0.2) is 0 Å². The maximum absolute atomic E-state index is 8.98. The molecule has 1 atom stereocenters. The fourth-order valence-electron chi connectivity index (χ4n) is 0.396. The van der Waals surface area contributed by atoms with Crippen LogP contribution < -0.4 is 0 Å². The van der Waals surface area contributed by atoms with Gasteiger partial charge in [-0.2, -0.15) is 0 Å². The summed E-state index contributed by atoms with van der Waals surface area (Å²) in [5.41, 5.74) is 3.80. The Kier molecular flexibility index (Phi) is 4.65. The predicted octanol–water partition coefficient (Wildman–Crippen LogP) is 2.04. The molecule has 0 spiro atoms. The van der Waals surface area contributed by atoms with E-state index >= 15 is 0 Å². The lowest BCUT2D eigenvalue weighted by atomic mass is 10.2. The minimum atomic E-state index is -0.387. The molecule has 0 unspecified atom stereocenters. The Morgan fingerprint density at radius 1 is 1.60 bits per heavy atom. The Morgan fingerprint density at radius 2 is 2.20 bits per heavy atom. The molecular weight excluding hydrogens is 124 g/mol. The van der Waals surface area contributed by atoms with E-state index in [1.54, 1.807) is 13.0 Å². The van der Waals surface area contributed by atoms with E-state index in [-0.39, 0.29) is 6.10 Å². The van der Waals surface area contributed by atoms with Crippen LogP contribution in [-0.4, -0.2) is 11.2 Å². The average molecular weight is 138 g/mol. The summed E-state index contributed by atoms with van der Waals surface area (Å²) in [7, 11) is 0. The topological polar surface area (TPSA) is 20.2 Å². The molecule has 0 bridgehead atoms. The third-order valence-electron chi connectivity index (χ3n) is 1.23. The first-order chi connectivity index (χ1) is 4.68. The van der Waals surface area contributed by atoms with E-state index in [0.717, 1.165) is 5.57 Å². The fraction of sp³-hybridized carbons (Fsp3) is 0.444. The van der Waals surface area contributed by atoms with Crippen molar-refractivity contribution in [3.8, 4) is 0 Å². The minimum Gasteiger partial charge on any atom is -0.388 e. The van der Waals surface area contributed by atoms with Crippen LogP contribution in [0.1, 0.15) is 20.8 Å². The zero-order valence-corrected chi connectivity index (χ0v) is 6.76. The summed E-state index contributed by atoms with van der Waals surface area (Å²) in [6, 6.07) is 0. The lowest BCUT2D eigenvalue weighted by Gasteiger charge is -1.97. The highest BCUT2D eigenvalue weighted by Gasteiger charge is 1.92. The lowest BCUT2D eigenvalue weighted by molar-refractivity contribution is 0.232. The minimum absolute atomic E-state index is 0.387. The molecule has 0 heterocycles. The van der Waals surface area contributed by atoms with Crippen molar-refractivity contribution in [1.29, 1.82) is 0 Å². The molecule has 0 aliphatic carbocycles. The molecule has 0 aromatic heterocycles. The second kappa shape index (κ2) is 5.04. The van der Waals surface area contributed by atoms with Gasteiger partial charge in [-0.1, -0.05) is 12.2 Å². The van der Waals surface area contributed by atoms with Crippen LogP contribution in [0, 0.1) is 0 Å². The van der Waals surface area contributed by atoms with Gasteiger partial charge in [-0.05, 0) is 32.4 Å². The number of hydrogen-bond donors (Lipinski definition) is 1. The molecule has 0 saturated heterocycles. The van der Waals surface area contributed by atoms with Gasteiger partial charge in [-0.3, -0.25) is 0 Å². The highest BCUT2D eigenvalue weighted by atomic mass is 16.3. The van der Waals surface area contributed by atoms with E-state index in [2.05, 4.69) is 5.73 Å². The fourth-order valence-corrected chi connectivity index (χ4v) is 0.396. The molecule has 0 rings (SSSR count). The van der Waals surface area contributed by atoms with Crippen LogP contribution >= 0.6 is 0 Å². The van der Waals surface area contributed by atoms with E-state index in [0.29, 0.717) is 0 Å². The van der Waals surface area contributed by atoms with Crippen molar-refractivity contribution >= 4 is 0 Å². The van der Waals surface area contributed by atoms with Gasteiger partial charge >= 0.3 is 0 Å². The average Bonchev–Trinajstić information content (AvgIpc) is 1.88. The highest BCUT2D eigenvalue weighted by molar-refractivity contribution is 5.08. The molecule has 1 nitrogen and oxygen atoms in total. The van der Waals surface area contributed by atoms with Gasteiger partial charge in [-0.25, -0.2) is 0 Å². The summed E-state index contributed by atoms with van der Waals surface area (Å²) in [5.74, 6) is 0. The summed E-state index contributed by atoms with van der Waals surface area (Å²) >= 11 is 0. The van der Waals surface area contributed by atoms with Crippen molar-refractivity contribution in [3.05, 3.63) is 29.5 Å². The van der Waals surface area contributed by atoms with Crippen molar-refractivity contribution in [2.24, 2.45) is 0 Å². The molecule has 0 aliphatic heterocycles. The summed E-state index contributed by atoms with van der Waals surface area (Å²) in [4.78, 5) is 0. The summed E-state index contributed by atoms with van der Waals surface area (Å²) in [5, 5.41) is 8.98. The zero-order valence-electron chi connectivity index (χ0n) is 6.76. The van der Waals surface area contributed by atoms with Gasteiger partial charge in [0.25, 0.3) is 0 Å². The number of hydrogen-bond acceptors (Lipinski definition) is 1. The lowest BCUT2D eigenvalue weighted by Crippen LogP contribution is -1.98. The second-order valence-corrected chi connectivity index (χ2v) is 2.20. The Morgan fingerprint density at radius 3 is 2.60 bits per heavy atom. The molecule has 1 N–H and O–H groups in total. The molecule has 0 amide bonds. The first kappa shape index (κ1) is 9.22. The van der Waals surface area contributed by atoms with Crippen LogP contribution in [-0.2, 0) is 0 Å². The van der Waals surface area contributed by atoms with Gasteiger partial charge < -0.3 is 5.11 Å². The number of aliphatic hydroxyl groups excluding tert-OH is 1. The molecule has 0 saturated carbocycles. The van der Waals surface area contributed by atoms with Crippen molar-refractivity contribution < 1.29 is 5.11 Å². The van der Waals surface area contributed by atoms with Crippen molar-refractivity contribution in [2.75, 3.05) is 0 Å². The molecule has 0 aromatic rings. The Labute approximate surface area is 62.4 Å². The van der Waals surface area contributed by atoms with E-state index in [4.69, 9.17) is 5.11 Å². The number of rotatable bonds is 2. The first-order valence-electron chi connectivity index (χ1n) is 3.41. The highest BCUT2D eigenvalue weighted by Crippen LogP contribution is 1.95. The maximum Gasteiger partial charge on any atom is 0.0792 e. The zero-order chi connectivity index (χ0) is 7.98. The molecule has 1 heteroatoms. The number of allylic oxidation sites excluding steroid dienone is 2. The number of aliphatic hydroxyl groups is 1. The third kappa shape index (κ3) is 4.13. The summed E-state index contributed by atoms with van der Waals surface area (Å²) in [6.45, 7) is 5.52. The van der Waals surface area contributed by atoms with Crippen LogP contribution in [0.3, 0.4) is 0 Å². The van der Waals surface area contributed by atoms with Crippen LogP contribution in [0.25, 0.3) is 0 Å². The van der Waals surface area contributed by atoms with E-state index < -0.39 is 0 Å². The van der Waals surface area contributed by atoms with Crippen molar-refractivity contribution in [1.82, 2.24) is 0 Å². The molecular formula is C9H14O. The molecule has 0 radical (unpaired) electrons.